The molecule has 4 rings (SSSR count). The summed E-state index contributed by atoms with van der Waals surface area (Å²) in [7, 11) is 0. The van der Waals surface area contributed by atoms with Crippen molar-refractivity contribution in [2.75, 3.05) is 13.1 Å². The van der Waals surface area contributed by atoms with Crippen LogP contribution in [-0.4, -0.2) is 34.0 Å². The third-order valence-corrected chi connectivity index (χ3v) is 4.91. The number of furan rings is 1. The highest BCUT2D eigenvalue weighted by Crippen LogP contribution is 2.21. The van der Waals surface area contributed by atoms with E-state index in [1.165, 1.54) is 12.1 Å². The molecule has 7 nitrogen and oxygen atoms in total. The number of halogens is 1. The molecule has 8 heteroatoms. The van der Waals surface area contributed by atoms with Crippen molar-refractivity contribution in [2.24, 2.45) is 5.92 Å². The van der Waals surface area contributed by atoms with E-state index < -0.39 is 0 Å². The van der Waals surface area contributed by atoms with Gasteiger partial charge in [-0.15, -0.1) is 0 Å². The van der Waals surface area contributed by atoms with E-state index in [0.717, 1.165) is 31.5 Å². The monoisotopic (exact) mass is 384 g/mol. The van der Waals surface area contributed by atoms with Crippen LogP contribution in [0.15, 0.2) is 51.6 Å². The highest BCUT2D eigenvalue weighted by Gasteiger charge is 2.26. The minimum absolute atomic E-state index is 0.0157. The van der Waals surface area contributed by atoms with Crippen LogP contribution in [0.1, 0.15) is 24.3 Å². The van der Waals surface area contributed by atoms with Crippen molar-refractivity contribution in [3.05, 3.63) is 59.9 Å². The number of carbonyl (C=O) groups is 1. The minimum atomic E-state index is -0.278. The minimum Gasteiger partial charge on any atom is -0.461 e. The van der Waals surface area contributed by atoms with Gasteiger partial charge >= 0.3 is 0 Å². The average Bonchev–Trinajstić information content (AvgIpc) is 3.40. The number of likely N-dealkylation sites (tertiary alicyclic amines) is 1. The van der Waals surface area contributed by atoms with Crippen LogP contribution in [0.25, 0.3) is 11.6 Å². The largest absolute Gasteiger partial charge is 0.461 e. The fraction of sp³-hybridized carbons (Fsp3) is 0.350. The summed E-state index contributed by atoms with van der Waals surface area (Å²) in [5, 5.41) is 6.87. The Morgan fingerprint density at radius 2 is 2.00 bits per heavy atom. The predicted octanol–water partition coefficient (Wildman–Crippen LogP) is 3.00. The third kappa shape index (κ3) is 4.45. The molecular formula is C20H21FN4O3. The van der Waals surface area contributed by atoms with Gasteiger partial charge in [-0.2, -0.15) is 4.98 Å². The third-order valence-electron chi connectivity index (χ3n) is 4.91. The number of amides is 1. The maximum Gasteiger partial charge on any atom is 0.241 e. The first-order chi connectivity index (χ1) is 13.7. The van der Waals surface area contributed by atoms with Gasteiger partial charge in [0.25, 0.3) is 0 Å². The smallest absolute Gasteiger partial charge is 0.241 e. The van der Waals surface area contributed by atoms with Crippen molar-refractivity contribution < 1.29 is 18.1 Å². The van der Waals surface area contributed by atoms with Gasteiger partial charge in [0.1, 0.15) is 5.82 Å². The Morgan fingerprint density at radius 3 is 2.71 bits per heavy atom. The molecule has 1 fully saturated rings. The molecule has 0 bridgehead atoms. The van der Waals surface area contributed by atoms with Gasteiger partial charge in [-0.25, -0.2) is 4.39 Å². The maximum absolute atomic E-state index is 12.9. The lowest BCUT2D eigenvalue weighted by Crippen LogP contribution is -2.40. The molecule has 3 heterocycles. The van der Waals surface area contributed by atoms with Gasteiger partial charge in [-0.1, -0.05) is 17.3 Å². The number of carbonyl (C=O) groups excluding carboxylic acids is 1. The molecule has 3 aromatic rings. The summed E-state index contributed by atoms with van der Waals surface area (Å²) in [5.74, 6) is 1.30. The summed E-state index contributed by atoms with van der Waals surface area (Å²) >= 11 is 0. The molecule has 1 N–H and O–H groups in total. The van der Waals surface area contributed by atoms with Gasteiger partial charge in [-0.3, -0.25) is 9.69 Å². The molecule has 0 atom stereocenters. The van der Waals surface area contributed by atoms with E-state index in [0.29, 0.717) is 30.6 Å². The molecule has 2 aromatic heterocycles. The van der Waals surface area contributed by atoms with Gasteiger partial charge < -0.3 is 14.3 Å². The summed E-state index contributed by atoms with van der Waals surface area (Å²) in [4.78, 5) is 18.9. The van der Waals surface area contributed by atoms with Gasteiger partial charge in [0.05, 0.1) is 12.8 Å². The molecule has 1 aliphatic rings. The first-order valence-corrected chi connectivity index (χ1v) is 9.28. The summed E-state index contributed by atoms with van der Waals surface area (Å²) < 4.78 is 23.5. The summed E-state index contributed by atoms with van der Waals surface area (Å²) in [6.07, 6.45) is 3.11. The zero-order chi connectivity index (χ0) is 19.3. The predicted molar refractivity (Wildman–Crippen MR) is 98.2 cm³/mol. The Kier molecular flexibility index (Phi) is 5.48. The normalized spacial score (nSPS) is 15.6. The van der Waals surface area contributed by atoms with Crippen LogP contribution in [0, 0.1) is 11.7 Å². The van der Waals surface area contributed by atoms with Crippen molar-refractivity contribution in [1.29, 1.82) is 0 Å². The van der Waals surface area contributed by atoms with Crippen LogP contribution >= 0.6 is 0 Å². The van der Waals surface area contributed by atoms with E-state index in [4.69, 9.17) is 8.94 Å². The second kappa shape index (κ2) is 8.35. The summed E-state index contributed by atoms with van der Waals surface area (Å²) in [6, 6.07) is 9.71. The van der Waals surface area contributed by atoms with Crippen LogP contribution in [0.4, 0.5) is 4.39 Å². The first kappa shape index (κ1) is 18.4. The van der Waals surface area contributed by atoms with E-state index in [1.807, 2.05) is 0 Å². The Bertz CT molecular complexity index is 900. The lowest BCUT2D eigenvalue weighted by molar-refractivity contribution is -0.126. The SMILES string of the molecule is O=C(NCc1ccc(F)cc1)C1CCN(Cc2nc(-c3ccco3)no2)CC1. The van der Waals surface area contributed by atoms with Crippen molar-refractivity contribution in [3.63, 3.8) is 0 Å². The molecule has 0 radical (unpaired) electrons. The van der Waals surface area contributed by atoms with E-state index in [1.54, 1.807) is 30.5 Å². The second-order valence-corrected chi connectivity index (χ2v) is 6.88. The van der Waals surface area contributed by atoms with Gasteiger partial charge in [0.15, 0.2) is 5.76 Å². The van der Waals surface area contributed by atoms with Crippen LogP contribution in [0.3, 0.4) is 0 Å². The second-order valence-electron chi connectivity index (χ2n) is 6.88. The Balaban J connectivity index is 1.23. The molecule has 28 heavy (non-hydrogen) atoms. The van der Waals surface area contributed by atoms with Crippen molar-refractivity contribution in [2.45, 2.75) is 25.9 Å². The topological polar surface area (TPSA) is 84.4 Å². The number of aromatic nitrogens is 2. The Labute approximate surface area is 161 Å². The van der Waals surface area contributed by atoms with E-state index >= 15 is 0 Å². The van der Waals surface area contributed by atoms with Gasteiger partial charge in [-0.05, 0) is 55.8 Å². The van der Waals surface area contributed by atoms with Crippen LogP contribution in [0.2, 0.25) is 0 Å². The van der Waals surface area contributed by atoms with Gasteiger partial charge in [0.2, 0.25) is 17.6 Å². The molecule has 1 aliphatic heterocycles. The fourth-order valence-electron chi connectivity index (χ4n) is 3.31. The molecule has 0 spiro atoms. The number of hydrogen-bond donors (Lipinski definition) is 1. The highest BCUT2D eigenvalue weighted by atomic mass is 19.1. The number of benzene rings is 1. The van der Waals surface area contributed by atoms with E-state index in [9.17, 15) is 9.18 Å². The van der Waals surface area contributed by atoms with Crippen LogP contribution in [0.5, 0.6) is 0 Å². The lowest BCUT2D eigenvalue weighted by Gasteiger charge is -2.30. The van der Waals surface area contributed by atoms with Crippen molar-refractivity contribution in [1.82, 2.24) is 20.4 Å². The van der Waals surface area contributed by atoms with E-state index in [2.05, 4.69) is 20.4 Å². The zero-order valence-electron chi connectivity index (χ0n) is 15.3. The number of nitrogens with one attached hydrogen (secondary N) is 1. The van der Waals surface area contributed by atoms with E-state index in [-0.39, 0.29) is 17.6 Å². The van der Waals surface area contributed by atoms with Crippen molar-refractivity contribution in [3.8, 4) is 11.6 Å². The van der Waals surface area contributed by atoms with Crippen LogP contribution in [-0.2, 0) is 17.9 Å². The molecule has 0 aliphatic carbocycles. The number of rotatable bonds is 6. The summed E-state index contributed by atoms with van der Waals surface area (Å²) in [6.45, 7) is 2.54. The molecule has 146 valence electrons. The Hall–Kier alpha value is -3.00. The Morgan fingerprint density at radius 1 is 1.21 bits per heavy atom. The molecule has 1 aromatic carbocycles. The molecule has 1 amide bonds. The molecule has 0 unspecified atom stereocenters. The number of piperidine rings is 1. The molecule has 1 saturated heterocycles. The zero-order valence-corrected chi connectivity index (χ0v) is 15.3. The fourth-order valence-corrected chi connectivity index (χ4v) is 3.31. The standard InChI is InChI=1S/C20H21FN4O3/c21-16-5-3-14(4-6-16)12-22-20(26)15-7-9-25(10-8-15)13-18-23-19(24-28-18)17-2-1-11-27-17/h1-6,11,15H,7-10,12-13H2,(H,22,26). The number of nitrogens with zero attached hydrogens (tertiary/aromatic N) is 3. The lowest BCUT2D eigenvalue weighted by atomic mass is 9.96. The molecular weight excluding hydrogens is 363 g/mol. The quantitative estimate of drug-likeness (QED) is 0.703. The highest BCUT2D eigenvalue weighted by molar-refractivity contribution is 5.78. The first-order valence-electron chi connectivity index (χ1n) is 9.28. The molecule has 0 saturated carbocycles. The number of hydrogen-bond acceptors (Lipinski definition) is 6. The van der Waals surface area contributed by atoms with Crippen LogP contribution < -0.4 is 5.32 Å². The van der Waals surface area contributed by atoms with Gasteiger partial charge in [0, 0.05) is 12.5 Å². The maximum atomic E-state index is 12.9. The average molecular weight is 384 g/mol. The summed E-state index contributed by atoms with van der Waals surface area (Å²) in [5.41, 5.74) is 0.885. The van der Waals surface area contributed by atoms with Crippen molar-refractivity contribution >= 4 is 5.91 Å².